The van der Waals surface area contributed by atoms with Gasteiger partial charge < -0.3 is 10.6 Å². The molecule has 1 heterocycles. The van der Waals surface area contributed by atoms with E-state index in [0.29, 0.717) is 6.54 Å². The summed E-state index contributed by atoms with van der Waals surface area (Å²) in [5.41, 5.74) is 9.68. The van der Waals surface area contributed by atoms with Gasteiger partial charge in [-0.2, -0.15) is 0 Å². The second kappa shape index (κ2) is 7.99. The maximum atomic E-state index is 13.3. The number of nitrogens with zero attached hydrogens (tertiary/aromatic N) is 1. The molecule has 1 aliphatic heterocycles. The van der Waals surface area contributed by atoms with Gasteiger partial charge in [-0.3, -0.25) is 4.79 Å². The largest absolute Gasteiger partial charge is 0.331 e. The normalized spacial score (nSPS) is 24.7. The van der Waals surface area contributed by atoms with Crippen molar-refractivity contribution in [2.24, 2.45) is 11.7 Å². The molecule has 4 rings (SSSR count). The molecule has 2 aromatic rings. The lowest BCUT2D eigenvalue weighted by atomic mass is 9.88. The van der Waals surface area contributed by atoms with E-state index in [-0.39, 0.29) is 36.3 Å². The van der Waals surface area contributed by atoms with Gasteiger partial charge >= 0.3 is 0 Å². The number of fused-ring (bicyclic) bond motifs is 1. The minimum atomic E-state index is 0. The van der Waals surface area contributed by atoms with E-state index in [1.54, 1.807) is 0 Å². The van der Waals surface area contributed by atoms with Crippen LogP contribution in [0.2, 0.25) is 5.02 Å². The van der Waals surface area contributed by atoms with Crippen molar-refractivity contribution in [3.8, 4) is 0 Å². The molecule has 1 saturated carbocycles. The summed E-state index contributed by atoms with van der Waals surface area (Å²) in [4.78, 5) is 15.3. The SMILES string of the molecule is Cl.NC1CCC(C(=O)N2Cc3cc(Cl)ccc3CC2c2ccccc2)C1. The monoisotopic (exact) mass is 390 g/mol. The Labute approximate surface area is 165 Å². The molecule has 1 amide bonds. The highest BCUT2D eigenvalue weighted by atomic mass is 35.5. The number of benzene rings is 2. The van der Waals surface area contributed by atoms with Crippen LogP contribution in [0.25, 0.3) is 0 Å². The fourth-order valence-corrected chi connectivity index (χ4v) is 4.43. The zero-order valence-electron chi connectivity index (χ0n) is 14.6. The number of hydrogen-bond donors (Lipinski definition) is 1. The average molecular weight is 391 g/mol. The van der Waals surface area contributed by atoms with E-state index in [1.807, 2.05) is 30.3 Å². The number of hydrogen-bond acceptors (Lipinski definition) is 2. The van der Waals surface area contributed by atoms with E-state index in [2.05, 4.69) is 23.1 Å². The molecule has 0 spiro atoms. The predicted octanol–water partition coefficient (Wildman–Crippen LogP) is 4.52. The van der Waals surface area contributed by atoms with Crippen LogP contribution in [0.15, 0.2) is 48.5 Å². The van der Waals surface area contributed by atoms with Gasteiger partial charge in [-0.25, -0.2) is 0 Å². The molecule has 0 radical (unpaired) electrons. The van der Waals surface area contributed by atoms with Crippen LogP contribution in [-0.4, -0.2) is 16.8 Å². The Morgan fingerprint density at radius 1 is 1.08 bits per heavy atom. The molecule has 1 fully saturated rings. The fraction of sp³-hybridized carbons (Fsp3) is 0.381. The molecule has 3 atom stereocenters. The summed E-state index contributed by atoms with van der Waals surface area (Å²) in [6.07, 6.45) is 3.49. The second-order valence-electron chi connectivity index (χ2n) is 7.28. The summed E-state index contributed by atoms with van der Waals surface area (Å²) in [6.45, 7) is 0.625. The van der Waals surface area contributed by atoms with Gasteiger partial charge in [0.15, 0.2) is 0 Å². The van der Waals surface area contributed by atoms with Crippen molar-refractivity contribution in [2.75, 3.05) is 0 Å². The van der Waals surface area contributed by atoms with E-state index < -0.39 is 0 Å². The Bertz CT molecular complexity index is 781. The number of carbonyl (C=O) groups is 1. The highest BCUT2D eigenvalue weighted by Gasteiger charge is 2.37. The maximum Gasteiger partial charge on any atom is 0.226 e. The molecule has 1 aliphatic carbocycles. The first-order chi connectivity index (χ1) is 12.1. The molecule has 2 aliphatic rings. The third-order valence-corrected chi connectivity index (χ3v) is 5.82. The molecule has 26 heavy (non-hydrogen) atoms. The molecule has 2 N–H and O–H groups in total. The van der Waals surface area contributed by atoms with E-state index in [4.69, 9.17) is 17.3 Å². The smallest absolute Gasteiger partial charge is 0.226 e. The van der Waals surface area contributed by atoms with Crippen LogP contribution in [0.5, 0.6) is 0 Å². The van der Waals surface area contributed by atoms with Crippen molar-refractivity contribution in [1.29, 1.82) is 0 Å². The fourth-order valence-electron chi connectivity index (χ4n) is 4.23. The first-order valence-electron chi connectivity index (χ1n) is 9.00. The van der Waals surface area contributed by atoms with Crippen molar-refractivity contribution >= 4 is 29.9 Å². The Morgan fingerprint density at radius 3 is 2.54 bits per heavy atom. The zero-order valence-corrected chi connectivity index (χ0v) is 16.2. The van der Waals surface area contributed by atoms with Gasteiger partial charge in [0.25, 0.3) is 0 Å². The molecule has 0 saturated heterocycles. The standard InChI is InChI=1S/C21H23ClN2O.ClH/c22-18-8-6-15-12-20(14-4-2-1-3-5-14)24(13-17(15)10-18)21(25)16-7-9-19(23)11-16;/h1-6,8,10,16,19-20H,7,9,11-13,23H2;1H. The predicted molar refractivity (Wildman–Crippen MR) is 107 cm³/mol. The van der Waals surface area contributed by atoms with Crippen LogP contribution >= 0.6 is 24.0 Å². The summed E-state index contributed by atoms with van der Waals surface area (Å²) in [5, 5.41) is 0.729. The van der Waals surface area contributed by atoms with E-state index in [0.717, 1.165) is 36.3 Å². The third-order valence-electron chi connectivity index (χ3n) is 5.59. The lowest BCUT2D eigenvalue weighted by Crippen LogP contribution is -2.42. The topological polar surface area (TPSA) is 46.3 Å². The van der Waals surface area contributed by atoms with Crippen molar-refractivity contribution < 1.29 is 4.79 Å². The minimum absolute atomic E-state index is 0. The van der Waals surface area contributed by atoms with Gasteiger partial charge in [-0.15, -0.1) is 12.4 Å². The van der Waals surface area contributed by atoms with Gasteiger partial charge in [-0.05, 0) is 54.5 Å². The molecule has 2 aromatic carbocycles. The van der Waals surface area contributed by atoms with Gasteiger partial charge in [0.2, 0.25) is 5.91 Å². The van der Waals surface area contributed by atoms with Gasteiger partial charge in [-0.1, -0.05) is 48.0 Å². The summed E-state index contributed by atoms with van der Waals surface area (Å²) >= 11 is 6.18. The minimum Gasteiger partial charge on any atom is -0.331 e. The summed E-state index contributed by atoms with van der Waals surface area (Å²) in [5.74, 6) is 0.300. The Morgan fingerprint density at radius 2 is 1.85 bits per heavy atom. The van der Waals surface area contributed by atoms with Crippen molar-refractivity contribution in [3.05, 3.63) is 70.2 Å². The van der Waals surface area contributed by atoms with Crippen molar-refractivity contribution in [1.82, 2.24) is 4.90 Å². The van der Waals surface area contributed by atoms with Crippen LogP contribution in [-0.2, 0) is 17.8 Å². The molecule has 138 valence electrons. The lowest BCUT2D eigenvalue weighted by molar-refractivity contribution is -0.139. The molecule has 3 nitrogen and oxygen atoms in total. The van der Waals surface area contributed by atoms with Crippen LogP contribution in [0.3, 0.4) is 0 Å². The van der Waals surface area contributed by atoms with Crippen molar-refractivity contribution in [3.63, 3.8) is 0 Å². The van der Waals surface area contributed by atoms with Crippen LogP contribution in [0, 0.1) is 5.92 Å². The number of amides is 1. The molecule has 5 heteroatoms. The molecular formula is C21H24Cl2N2O. The van der Waals surface area contributed by atoms with Gasteiger partial charge in [0.1, 0.15) is 0 Å². The van der Waals surface area contributed by atoms with E-state index >= 15 is 0 Å². The summed E-state index contributed by atoms with van der Waals surface area (Å²) < 4.78 is 0. The number of nitrogens with two attached hydrogens (primary N) is 1. The Hall–Kier alpha value is -1.55. The highest BCUT2D eigenvalue weighted by molar-refractivity contribution is 6.30. The lowest BCUT2D eigenvalue weighted by Gasteiger charge is -2.39. The quantitative estimate of drug-likeness (QED) is 0.819. The van der Waals surface area contributed by atoms with E-state index in [1.165, 1.54) is 11.1 Å². The number of halogens is 2. The average Bonchev–Trinajstić information content (AvgIpc) is 3.07. The second-order valence-corrected chi connectivity index (χ2v) is 7.72. The Kier molecular flexibility index (Phi) is 5.91. The number of carbonyl (C=O) groups excluding carboxylic acids is 1. The highest BCUT2D eigenvalue weighted by Crippen LogP contribution is 2.37. The molecule has 0 aromatic heterocycles. The summed E-state index contributed by atoms with van der Waals surface area (Å²) in [7, 11) is 0. The van der Waals surface area contributed by atoms with Crippen LogP contribution in [0.4, 0.5) is 0 Å². The van der Waals surface area contributed by atoms with Crippen LogP contribution in [0.1, 0.15) is 42.0 Å². The zero-order chi connectivity index (χ0) is 17.4. The first kappa shape index (κ1) is 19.2. The first-order valence-corrected chi connectivity index (χ1v) is 9.38. The maximum absolute atomic E-state index is 13.3. The summed E-state index contributed by atoms with van der Waals surface area (Å²) in [6, 6.07) is 16.6. The van der Waals surface area contributed by atoms with E-state index in [9.17, 15) is 4.79 Å². The van der Waals surface area contributed by atoms with Crippen molar-refractivity contribution in [2.45, 2.75) is 44.3 Å². The molecular weight excluding hydrogens is 367 g/mol. The van der Waals surface area contributed by atoms with Gasteiger partial charge in [0, 0.05) is 23.5 Å². The Balaban J connectivity index is 0.00000196. The van der Waals surface area contributed by atoms with Crippen LogP contribution < -0.4 is 5.73 Å². The van der Waals surface area contributed by atoms with Gasteiger partial charge in [0.05, 0.1) is 6.04 Å². The molecule has 0 bridgehead atoms. The molecule has 3 unspecified atom stereocenters. The number of rotatable bonds is 2. The third kappa shape index (κ3) is 3.75.